The van der Waals surface area contributed by atoms with Crippen LogP contribution in [0.3, 0.4) is 0 Å². The molecule has 1 aromatic rings. The van der Waals surface area contributed by atoms with Crippen LogP contribution in [-0.2, 0) is 25.5 Å². The zero-order valence-electron chi connectivity index (χ0n) is 27.0. The lowest BCUT2D eigenvalue weighted by atomic mass is 9.83. The molecule has 2 aliphatic rings. The normalized spacial score (nSPS) is 22.4. The van der Waals surface area contributed by atoms with Crippen LogP contribution in [-0.4, -0.2) is 58.9 Å². The first-order chi connectivity index (χ1) is 19.8. The molecule has 0 spiro atoms. The number of benzene rings is 1. The molecule has 1 saturated heterocycles. The van der Waals surface area contributed by atoms with Crippen molar-refractivity contribution < 1.29 is 23.9 Å². The quantitative estimate of drug-likeness (QED) is 0.296. The molecule has 42 heavy (non-hydrogen) atoms. The van der Waals surface area contributed by atoms with Gasteiger partial charge in [0.05, 0.1) is 18.2 Å². The van der Waals surface area contributed by atoms with Gasteiger partial charge in [-0.05, 0) is 77.8 Å². The summed E-state index contributed by atoms with van der Waals surface area (Å²) in [6.07, 6.45) is 8.30. The van der Waals surface area contributed by atoms with Crippen molar-refractivity contribution in [3.63, 3.8) is 0 Å². The summed E-state index contributed by atoms with van der Waals surface area (Å²) in [5.41, 5.74) is -0.280. The Balaban J connectivity index is 1.63. The monoisotopic (exact) mass is 585 g/mol. The number of ether oxygens (including phenoxy) is 2. The summed E-state index contributed by atoms with van der Waals surface area (Å²) >= 11 is 0. The van der Waals surface area contributed by atoms with Gasteiger partial charge in [0.25, 0.3) is 0 Å². The van der Waals surface area contributed by atoms with Crippen molar-refractivity contribution >= 4 is 17.9 Å². The first-order valence-electron chi connectivity index (χ1n) is 16.1. The van der Waals surface area contributed by atoms with E-state index in [-0.39, 0.29) is 42.4 Å². The lowest BCUT2D eigenvalue weighted by Gasteiger charge is -2.37. The number of rotatable bonds is 12. The summed E-state index contributed by atoms with van der Waals surface area (Å²) in [7, 11) is 0. The Labute approximate surface area is 253 Å². The molecule has 8 heteroatoms. The van der Waals surface area contributed by atoms with E-state index in [1.54, 1.807) is 4.90 Å². The summed E-state index contributed by atoms with van der Waals surface area (Å²) < 4.78 is 12.3. The number of imide groups is 1. The van der Waals surface area contributed by atoms with Gasteiger partial charge in [-0.25, -0.2) is 4.79 Å². The summed E-state index contributed by atoms with van der Waals surface area (Å²) in [4.78, 5) is 41.4. The number of hydrogen-bond acceptors (Lipinski definition) is 6. The van der Waals surface area contributed by atoms with Crippen LogP contribution in [0.15, 0.2) is 30.3 Å². The molecule has 4 atom stereocenters. The molecule has 0 bridgehead atoms. The van der Waals surface area contributed by atoms with Crippen molar-refractivity contribution in [3.05, 3.63) is 35.9 Å². The Kier molecular flexibility index (Phi) is 12.4. The highest BCUT2D eigenvalue weighted by Gasteiger charge is 2.51. The van der Waals surface area contributed by atoms with E-state index in [4.69, 9.17) is 9.47 Å². The average molecular weight is 586 g/mol. The lowest BCUT2D eigenvalue weighted by Crippen LogP contribution is -2.51. The van der Waals surface area contributed by atoms with Gasteiger partial charge in [-0.2, -0.15) is 0 Å². The summed E-state index contributed by atoms with van der Waals surface area (Å²) in [5.74, 6) is -0.00642. The van der Waals surface area contributed by atoms with Gasteiger partial charge in [0.15, 0.2) is 0 Å². The smallest absolute Gasteiger partial charge is 0.412 e. The Bertz CT molecular complexity index is 1020. The second-order valence-electron chi connectivity index (χ2n) is 13.8. The molecule has 3 amide bonds. The predicted molar refractivity (Wildman–Crippen MR) is 166 cm³/mol. The maximum atomic E-state index is 13.4. The molecular formula is C34H55N3O5. The Morgan fingerprint density at radius 2 is 1.76 bits per heavy atom. The average Bonchev–Trinajstić information content (AvgIpc) is 3.18. The largest absolute Gasteiger partial charge is 0.444 e. The van der Waals surface area contributed by atoms with Crippen LogP contribution in [0.2, 0.25) is 0 Å². The highest BCUT2D eigenvalue weighted by Crippen LogP contribution is 2.40. The van der Waals surface area contributed by atoms with Gasteiger partial charge in [-0.15, -0.1) is 0 Å². The third-order valence-electron chi connectivity index (χ3n) is 8.71. The van der Waals surface area contributed by atoms with E-state index in [2.05, 4.69) is 22.8 Å². The van der Waals surface area contributed by atoms with E-state index >= 15 is 0 Å². The molecule has 1 saturated carbocycles. The number of nitrogens with zero attached hydrogens (tertiary/aromatic N) is 1. The van der Waals surface area contributed by atoms with E-state index < -0.39 is 17.4 Å². The van der Waals surface area contributed by atoms with Crippen LogP contribution >= 0.6 is 0 Å². The maximum absolute atomic E-state index is 13.4. The zero-order valence-corrected chi connectivity index (χ0v) is 27.0. The highest BCUT2D eigenvalue weighted by atomic mass is 16.6. The fraction of sp³-hybridized carbons (Fsp3) is 0.735. The molecule has 1 aliphatic heterocycles. The third-order valence-corrected chi connectivity index (χ3v) is 8.71. The van der Waals surface area contributed by atoms with Crippen molar-refractivity contribution in [1.29, 1.82) is 0 Å². The van der Waals surface area contributed by atoms with E-state index in [9.17, 15) is 14.4 Å². The molecular weight excluding hydrogens is 530 g/mol. The molecule has 1 heterocycles. The Morgan fingerprint density at radius 3 is 2.38 bits per heavy atom. The second-order valence-corrected chi connectivity index (χ2v) is 13.8. The number of nitrogens with one attached hydrogen (secondary N) is 2. The van der Waals surface area contributed by atoms with E-state index in [0.717, 1.165) is 32.1 Å². The molecule has 2 N–H and O–H groups in total. The zero-order chi connectivity index (χ0) is 30.9. The van der Waals surface area contributed by atoms with Crippen LogP contribution in [0.1, 0.15) is 112 Å². The van der Waals surface area contributed by atoms with Gasteiger partial charge < -0.3 is 14.8 Å². The van der Waals surface area contributed by atoms with Crippen LogP contribution in [0.5, 0.6) is 0 Å². The second kappa shape index (κ2) is 15.3. The van der Waals surface area contributed by atoms with E-state index in [1.165, 1.54) is 24.8 Å². The van der Waals surface area contributed by atoms with Gasteiger partial charge in [-0.1, -0.05) is 82.7 Å². The Hall–Kier alpha value is -2.45. The standard InChI is InChI=1S/C34H55N3O5/c1-8-24(2)30(35-22-21-25-15-11-9-12-16-25)31(39)36-29(38)20-19-28-27(23-26-17-13-10-14-18-26)37(34(6,7)41-28)32(40)42-33(3,4)5/h9,11-12,15-16,24,26-28,30,35H,8,10,13-14,17-23H2,1-7H3,(H,36,38,39)/t24-,27-,28-,30-/m0/s1. The van der Waals surface area contributed by atoms with Gasteiger partial charge in [0.1, 0.15) is 11.3 Å². The van der Waals surface area contributed by atoms with E-state index in [0.29, 0.717) is 18.9 Å². The summed E-state index contributed by atoms with van der Waals surface area (Å²) in [6, 6.07) is 9.51. The number of carbonyl (C=O) groups is 3. The molecule has 2 fully saturated rings. The molecule has 0 radical (unpaired) electrons. The van der Waals surface area contributed by atoms with Gasteiger partial charge in [0.2, 0.25) is 11.8 Å². The van der Waals surface area contributed by atoms with Crippen LogP contribution in [0, 0.1) is 11.8 Å². The van der Waals surface area contributed by atoms with Gasteiger partial charge in [-0.3, -0.25) is 19.8 Å². The van der Waals surface area contributed by atoms with Gasteiger partial charge in [0, 0.05) is 6.42 Å². The molecule has 3 rings (SSSR count). The topological polar surface area (TPSA) is 97.0 Å². The van der Waals surface area contributed by atoms with E-state index in [1.807, 2.05) is 66.7 Å². The van der Waals surface area contributed by atoms with Crippen molar-refractivity contribution in [3.8, 4) is 0 Å². The van der Waals surface area contributed by atoms with Crippen molar-refractivity contribution in [2.24, 2.45) is 11.8 Å². The first-order valence-corrected chi connectivity index (χ1v) is 16.1. The Morgan fingerprint density at radius 1 is 1.10 bits per heavy atom. The number of hydrogen-bond donors (Lipinski definition) is 2. The van der Waals surface area contributed by atoms with Gasteiger partial charge >= 0.3 is 6.09 Å². The van der Waals surface area contributed by atoms with Crippen LogP contribution in [0.25, 0.3) is 0 Å². The molecule has 236 valence electrons. The maximum Gasteiger partial charge on any atom is 0.412 e. The molecule has 8 nitrogen and oxygen atoms in total. The SMILES string of the molecule is CC[C@H](C)[C@H](NCCc1ccccc1)C(=O)NC(=O)CC[C@@H]1OC(C)(C)N(C(=O)OC(C)(C)C)[C@H]1CC1CCCCC1. The van der Waals surface area contributed by atoms with Crippen molar-refractivity contribution in [2.45, 2.75) is 142 Å². The molecule has 0 unspecified atom stereocenters. The summed E-state index contributed by atoms with van der Waals surface area (Å²) in [5, 5.41) is 6.02. The van der Waals surface area contributed by atoms with Crippen molar-refractivity contribution in [2.75, 3.05) is 6.54 Å². The van der Waals surface area contributed by atoms with Crippen molar-refractivity contribution in [1.82, 2.24) is 15.5 Å². The van der Waals surface area contributed by atoms with Crippen LogP contribution in [0.4, 0.5) is 4.79 Å². The first kappa shape index (κ1) is 34.0. The van der Waals surface area contributed by atoms with Crippen LogP contribution < -0.4 is 10.6 Å². The fourth-order valence-electron chi connectivity index (χ4n) is 6.37. The third kappa shape index (κ3) is 10.1. The minimum atomic E-state index is -0.858. The highest BCUT2D eigenvalue weighted by molar-refractivity contribution is 5.97. The molecule has 1 aliphatic carbocycles. The fourth-order valence-corrected chi connectivity index (χ4v) is 6.37. The predicted octanol–water partition coefficient (Wildman–Crippen LogP) is 6.37. The minimum absolute atomic E-state index is 0.0785. The number of carbonyl (C=O) groups excluding carboxylic acids is 3. The molecule has 1 aromatic carbocycles. The summed E-state index contributed by atoms with van der Waals surface area (Å²) in [6.45, 7) is 14.1. The minimum Gasteiger partial charge on any atom is -0.444 e. The number of amides is 3. The molecule has 0 aromatic heterocycles. The lowest BCUT2D eigenvalue weighted by molar-refractivity contribution is -0.133.